The summed E-state index contributed by atoms with van der Waals surface area (Å²) in [6, 6.07) is 7.10. The number of nitrogens with zero attached hydrogens (tertiary/aromatic N) is 1. The Bertz CT molecular complexity index is 402. The molecular weight excluding hydrogens is 220 g/mol. The van der Waals surface area contributed by atoms with Gasteiger partial charge in [0.15, 0.2) is 0 Å². The Morgan fingerprint density at radius 2 is 1.65 bits per heavy atom. The molecule has 1 atom stereocenters. The van der Waals surface area contributed by atoms with Crippen molar-refractivity contribution < 1.29 is 14.2 Å². The molecule has 0 saturated heterocycles. The summed E-state index contributed by atoms with van der Waals surface area (Å²) >= 11 is 0. The molecule has 0 saturated carbocycles. The SMILES string of the molecule is COc1cc(OC)cc(OCC(C)(N)C#N)c1. The van der Waals surface area contributed by atoms with Gasteiger partial charge in [0.05, 0.1) is 20.3 Å². The molecule has 5 heteroatoms. The quantitative estimate of drug-likeness (QED) is 0.834. The maximum Gasteiger partial charge on any atom is 0.135 e. The van der Waals surface area contributed by atoms with Gasteiger partial charge in [0.25, 0.3) is 0 Å². The highest BCUT2D eigenvalue weighted by molar-refractivity contribution is 5.42. The maximum atomic E-state index is 8.77. The van der Waals surface area contributed by atoms with Crippen molar-refractivity contribution in [3.05, 3.63) is 18.2 Å². The summed E-state index contributed by atoms with van der Waals surface area (Å²) in [5.74, 6) is 1.79. The fraction of sp³-hybridized carbons (Fsp3) is 0.417. The third-order valence-electron chi connectivity index (χ3n) is 2.12. The van der Waals surface area contributed by atoms with Crippen LogP contribution in [0.5, 0.6) is 17.2 Å². The molecule has 0 aliphatic heterocycles. The Labute approximate surface area is 101 Å². The molecule has 0 bridgehead atoms. The van der Waals surface area contributed by atoms with Gasteiger partial charge in [-0.15, -0.1) is 0 Å². The average molecular weight is 236 g/mol. The van der Waals surface area contributed by atoms with E-state index in [1.807, 2.05) is 6.07 Å². The van der Waals surface area contributed by atoms with E-state index < -0.39 is 5.54 Å². The van der Waals surface area contributed by atoms with E-state index in [1.165, 1.54) is 0 Å². The number of nitriles is 1. The van der Waals surface area contributed by atoms with Crippen LogP contribution in [-0.2, 0) is 0 Å². The van der Waals surface area contributed by atoms with Gasteiger partial charge in [-0.1, -0.05) is 0 Å². The molecule has 0 aromatic heterocycles. The first-order valence-electron chi connectivity index (χ1n) is 5.07. The molecule has 17 heavy (non-hydrogen) atoms. The molecule has 5 nitrogen and oxygen atoms in total. The lowest BCUT2D eigenvalue weighted by Crippen LogP contribution is -2.40. The Hall–Kier alpha value is -1.93. The van der Waals surface area contributed by atoms with E-state index in [4.69, 9.17) is 25.2 Å². The van der Waals surface area contributed by atoms with Crippen LogP contribution in [0.15, 0.2) is 18.2 Å². The lowest BCUT2D eigenvalue weighted by Gasteiger charge is -2.17. The van der Waals surface area contributed by atoms with Crippen LogP contribution < -0.4 is 19.9 Å². The van der Waals surface area contributed by atoms with E-state index in [-0.39, 0.29) is 6.61 Å². The second-order valence-electron chi connectivity index (χ2n) is 3.87. The summed E-state index contributed by atoms with van der Waals surface area (Å²) in [5, 5.41) is 8.77. The van der Waals surface area contributed by atoms with Crippen molar-refractivity contribution in [3.8, 4) is 23.3 Å². The van der Waals surface area contributed by atoms with Crippen LogP contribution in [0.25, 0.3) is 0 Å². The van der Waals surface area contributed by atoms with Crippen LogP contribution in [0, 0.1) is 11.3 Å². The van der Waals surface area contributed by atoms with E-state index in [0.717, 1.165) is 0 Å². The molecule has 1 aromatic carbocycles. The van der Waals surface area contributed by atoms with E-state index in [9.17, 15) is 0 Å². The standard InChI is InChI=1S/C12H16N2O3/c1-12(14,7-13)8-17-11-5-9(15-2)4-10(6-11)16-3/h4-6H,8,14H2,1-3H3. The van der Waals surface area contributed by atoms with Gasteiger partial charge in [-0.3, -0.25) is 0 Å². The number of hydrogen-bond donors (Lipinski definition) is 1. The molecule has 0 radical (unpaired) electrons. The summed E-state index contributed by atoms with van der Waals surface area (Å²) in [7, 11) is 3.11. The van der Waals surface area contributed by atoms with Gasteiger partial charge in [-0.05, 0) is 6.92 Å². The Morgan fingerprint density at radius 1 is 1.18 bits per heavy atom. The Kier molecular flexibility index (Phi) is 4.18. The molecular formula is C12H16N2O3. The first kappa shape index (κ1) is 13.1. The summed E-state index contributed by atoms with van der Waals surface area (Å²) in [4.78, 5) is 0. The van der Waals surface area contributed by atoms with Crippen molar-refractivity contribution in [1.82, 2.24) is 0 Å². The number of benzene rings is 1. The van der Waals surface area contributed by atoms with Crippen molar-refractivity contribution in [2.75, 3.05) is 20.8 Å². The fourth-order valence-electron chi connectivity index (χ4n) is 1.13. The van der Waals surface area contributed by atoms with Crippen LogP contribution in [0.2, 0.25) is 0 Å². The highest BCUT2D eigenvalue weighted by atomic mass is 16.5. The number of rotatable bonds is 5. The molecule has 0 fully saturated rings. The van der Waals surface area contributed by atoms with E-state index >= 15 is 0 Å². The number of hydrogen-bond acceptors (Lipinski definition) is 5. The zero-order chi connectivity index (χ0) is 12.9. The zero-order valence-electron chi connectivity index (χ0n) is 10.2. The predicted octanol–water partition coefficient (Wildman–Crippen LogP) is 1.32. The Morgan fingerprint density at radius 3 is 2.06 bits per heavy atom. The largest absolute Gasteiger partial charge is 0.496 e. The highest BCUT2D eigenvalue weighted by Gasteiger charge is 2.18. The minimum atomic E-state index is -1.02. The summed E-state index contributed by atoms with van der Waals surface area (Å²) in [6.45, 7) is 1.70. The van der Waals surface area contributed by atoms with E-state index in [0.29, 0.717) is 17.2 Å². The lowest BCUT2D eigenvalue weighted by molar-refractivity contribution is 0.262. The third kappa shape index (κ3) is 3.85. The molecule has 0 heterocycles. The minimum Gasteiger partial charge on any atom is -0.496 e. The molecule has 0 aliphatic rings. The molecule has 2 N–H and O–H groups in total. The molecule has 92 valence electrons. The van der Waals surface area contributed by atoms with Crippen molar-refractivity contribution in [2.24, 2.45) is 5.73 Å². The van der Waals surface area contributed by atoms with Gasteiger partial charge in [-0.25, -0.2) is 0 Å². The molecule has 0 aliphatic carbocycles. The molecule has 0 spiro atoms. The van der Waals surface area contributed by atoms with Crippen LogP contribution in [-0.4, -0.2) is 26.4 Å². The van der Waals surface area contributed by atoms with Crippen molar-refractivity contribution in [2.45, 2.75) is 12.5 Å². The number of ether oxygens (including phenoxy) is 3. The highest BCUT2D eigenvalue weighted by Crippen LogP contribution is 2.27. The molecule has 1 rings (SSSR count). The maximum absolute atomic E-state index is 8.77. The number of methoxy groups -OCH3 is 2. The second-order valence-corrected chi connectivity index (χ2v) is 3.87. The minimum absolute atomic E-state index is 0.0970. The van der Waals surface area contributed by atoms with Crippen LogP contribution in [0.1, 0.15) is 6.92 Å². The summed E-state index contributed by atoms with van der Waals surface area (Å²) < 4.78 is 15.6. The summed E-state index contributed by atoms with van der Waals surface area (Å²) in [5.41, 5.74) is 4.64. The second kappa shape index (κ2) is 5.41. The van der Waals surface area contributed by atoms with Crippen LogP contribution >= 0.6 is 0 Å². The van der Waals surface area contributed by atoms with Crippen molar-refractivity contribution in [1.29, 1.82) is 5.26 Å². The lowest BCUT2D eigenvalue weighted by atomic mass is 10.1. The average Bonchev–Trinajstić information content (AvgIpc) is 2.36. The van der Waals surface area contributed by atoms with Gasteiger partial charge in [0.1, 0.15) is 29.4 Å². The van der Waals surface area contributed by atoms with Gasteiger partial charge in [-0.2, -0.15) is 5.26 Å². The fourth-order valence-corrected chi connectivity index (χ4v) is 1.13. The smallest absolute Gasteiger partial charge is 0.135 e. The molecule has 0 amide bonds. The van der Waals surface area contributed by atoms with E-state index in [1.54, 1.807) is 39.3 Å². The summed E-state index contributed by atoms with van der Waals surface area (Å²) in [6.07, 6.45) is 0. The van der Waals surface area contributed by atoms with Crippen molar-refractivity contribution >= 4 is 0 Å². The third-order valence-corrected chi connectivity index (χ3v) is 2.12. The van der Waals surface area contributed by atoms with Gasteiger partial charge >= 0.3 is 0 Å². The predicted molar refractivity (Wildman–Crippen MR) is 63.2 cm³/mol. The van der Waals surface area contributed by atoms with Gasteiger partial charge < -0.3 is 19.9 Å². The Balaban J connectivity index is 2.81. The number of nitrogens with two attached hydrogens (primary N) is 1. The monoisotopic (exact) mass is 236 g/mol. The van der Waals surface area contributed by atoms with Crippen molar-refractivity contribution in [3.63, 3.8) is 0 Å². The van der Waals surface area contributed by atoms with Crippen LogP contribution in [0.3, 0.4) is 0 Å². The molecule has 1 unspecified atom stereocenters. The topological polar surface area (TPSA) is 77.5 Å². The normalized spacial score (nSPS) is 13.4. The zero-order valence-corrected chi connectivity index (χ0v) is 10.2. The first-order chi connectivity index (χ1) is 8.00. The van der Waals surface area contributed by atoms with Gasteiger partial charge in [0.2, 0.25) is 0 Å². The first-order valence-corrected chi connectivity index (χ1v) is 5.07. The van der Waals surface area contributed by atoms with Gasteiger partial charge in [0, 0.05) is 18.2 Å². The molecule has 1 aromatic rings. The van der Waals surface area contributed by atoms with E-state index in [2.05, 4.69) is 0 Å². The van der Waals surface area contributed by atoms with Crippen LogP contribution in [0.4, 0.5) is 0 Å².